The van der Waals surface area contributed by atoms with Gasteiger partial charge in [0.25, 0.3) is 5.60 Å². The lowest BCUT2D eigenvalue weighted by molar-refractivity contribution is -0.107. The Labute approximate surface area is 169 Å². The summed E-state index contributed by atoms with van der Waals surface area (Å²) in [7, 11) is 0. The predicted octanol–water partition coefficient (Wildman–Crippen LogP) is 5.49. The van der Waals surface area contributed by atoms with Gasteiger partial charge in [0.05, 0.1) is 0 Å². The zero-order valence-corrected chi connectivity index (χ0v) is 15.7. The molecule has 4 heteroatoms. The molecule has 0 saturated carbocycles. The van der Waals surface area contributed by atoms with Crippen LogP contribution in [0.3, 0.4) is 0 Å². The second-order valence-corrected chi connectivity index (χ2v) is 6.85. The fourth-order valence-corrected chi connectivity index (χ4v) is 3.40. The lowest BCUT2D eigenvalue weighted by atomic mass is 9.99. The summed E-state index contributed by atoms with van der Waals surface area (Å²) < 4.78 is 24.9. The van der Waals surface area contributed by atoms with Gasteiger partial charge >= 0.3 is 5.97 Å². The number of hydrogen-bond donors (Lipinski definition) is 0. The van der Waals surface area contributed by atoms with Crippen LogP contribution in [0.4, 0.5) is 0 Å². The molecule has 1 aliphatic carbocycles. The average Bonchev–Trinajstić information content (AvgIpc) is 3.37. The molecule has 2 aliphatic rings. The SMILES string of the molecule is C1=CC2(OC2(Oc2ccccc2)Oc2ccccc2)C(Oc2ccccc2)=CC1. The first-order valence-corrected chi connectivity index (χ1v) is 9.59. The van der Waals surface area contributed by atoms with Crippen LogP contribution in [-0.2, 0) is 4.74 Å². The quantitative estimate of drug-likeness (QED) is 0.320. The van der Waals surface area contributed by atoms with Crippen molar-refractivity contribution in [3.8, 4) is 17.2 Å². The van der Waals surface area contributed by atoms with Crippen molar-refractivity contribution >= 4 is 0 Å². The van der Waals surface area contributed by atoms with E-state index >= 15 is 0 Å². The Morgan fingerprint density at radius 2 is 1.17 bits per heavy atom. The van der Waals surface area contributed by atoms with Crippen molar-refractivity contribution in [3.05, 3.63) is 115 Å². The minimum atomic E-state index is -1.35. The summed E-state index contributed by atoms with van der Waals surface area (Å²) in [6, 6.07) is 28.7. The minimum absolute atomic E-state index is 0.651. The first kappa shape index (κ1) is 17.6. The number of ether oxygens (including phenoxy) is 4. The second-order valence-electron chi connectivity index (χ2n) is 6.85. The third kappa shape index (κ3) is 3.28. The second kappa shape index (κ2) is 7.15. The molecule has 1 atom stereocenters. The van der Waals surface area contributed by atoms with Crippen molar-refractivity contribution in [1.29, 1.82) is 0 Å². The zero-order chi connectivity index (χ0) is 19.6. The Balaban J connectivity index is 1.50. The summed E-state index contributed by atoms with van der Waals surface area (Å²) in [6.45, 7) is 0. The van der Waals surface area contributed by atoms with E-state index in [0.717, 1.165) is 12.2 Å². The topological polar surface area (TPSA) is 40.2 Å². The monoisotopic (exact) mass is 384 g/mol. The Morgan fingerprint density at radius 3 is 1.72 bits per heavy atom. The summed E-state index contributed by atoms with van der Waals surface area (Å²) in [5, 5.41) is 0. The smallest absolute Gasteiger partial charge is 0.416 e. The van der Waals surface area contributed by atoms with Gasteiger partial charge in [-0.3, -0.25) is 4.74 Å². The molecule has 4 nitrogen and oxygen atoms in total. The Bertz CT molecular complexity index is 987. The number of allylic oxidation sites excluding steroid dienone is 2. The standard InChI is InChI=1S/C25H20O4/c1-4-12-20(13-5-1)26-23-18-10-11-19-24(23)25(29-24,27-21-14-6-2-7-15-21)28-22-16-8-3-9-17-22/h1-9,11-19H,10H2. The molecule has 1 heterocycles. The molecule has 1 saturated heterocycles. The molecular formula is C25H20O4. The molecule has 0 amide bonds. The lowest BCUT2D eigenvalue weighted by Crippen LogP contribution is -2.39. The first-order chi connectivity index (χ1) is 14.3. The fraction of sp³-hybridized carbons (Fsp3) is 0.120. The molecule has 0 aromatic heterocycles. The Hall–Kier alpha value is -3.50. The highest BCUT2D eigenvalue weighted by molar-refractivity contribution is 5.42. The number of para-hydroxylation sites is 3. The molecule has 29 heavy (non-hydrogen) atoms. The minimum Gasteiger partial charge on any atom is -0.458 e. The van der Waals surface area contributed by atoms with Crippen molar-refractivity contribution in [2.45, 2.75) is 18.0 Å². The lowest BCUT2D eigenvalue weighted by Gasteiger charge is -2.23. The van der Waals surface area contributed by atoms with Gasteiger partial charge in [-0.1, -0.05) is 60.7 Å². The van der Waals surface area contributed by atoms with Crippen LogP contribution in [0.25, 0.3) is 0 Å². The summed E-state index contributed by atoms with van der Waals surface area (Å²) in [4.78, 5) is 0. The van der Waals surface area contributed by atoms with Gasteiger partial charge in [0.2, 0.25) is 0 Å². The van der Waals surface area contributed by atoms with E-state index in [1.165, 1.54) is 0 Å². The van der Waals surface area contributed by atoms with Crippen LogP contribution in [0, 0.1) is 0 Å². The van der Waals surface area contributed by atoms with E-state index in [2.05, 4.69) is 0 Å². The Morgan fingerprint density at radius 1 is 0.655 bits per heavy atom. The summed E-state index contributed by atoms with van der Waals surface area (Å²) >= 11 is 0. The largest absolute Gasteiger partial charge is 0.458 e. The third-order valence-corrected chi connectivity index (χ3v) is 4.83. The van der Waals surface area contributed by atoms with Crippen LogP contribution >= 0.6 is 0 Å². The van der Waals surface area contributed by atoms with E-state index in [0.29, 0.717) is 17.3 Å². The zero-order valence-electron chi connectivity index (χ0n) is 15.7. The molecule has 5 rings (SSSR count). The number of benzene rings is 3. The van der Waals surface area contributed by atoms with Crippen LogP contribution in [0.15, 0.2) is 115 Å². The Kier molecular flexibility index (Phi) is 4.34. The molecule has 1 fully saturated rings. The van der Waals surface area contributed by atoms with Gasteiger partial charge in [-0.15, -0.1) is 0 Å². The van der Waals surface area contributed by atoms with E-state index < -0.39 is 11.6 Å². The maximum absolute atomic E-state index is 6.26. The molecule has 3 aromatic rings. The van der Waals surface area contributed by atoms with E-state index in [1.807, 2.05) is 109 Å². The normalized spacial score (nSPS) is 21.3. The van der Waals surface area contributed by atoms with Crippen molar-refractivity contribution in [1.82, 2.24) is 0 Å². The van der Waals surface area contributed by atoms with E-state index in [1.54, 1.807) is 0 Å². The van der Waals surface area contributed by atoms with Crippen LogP contribution in [0.5, 0.6) is 17.2 Å². The summed E-state index contributed by atoms with van der Waals surface area (Å²) in [6.07, 6.45) is 6.73. The molecule has 0 N–H and O–H groups in total. The van der Waals surface area contributed by atoms with Gasteiger partial charge in [0, 0.05) is 0 Å². The predicted molar refractivity (Wildman–Crippen MR) is 110 cm³/mol. The highest BCUT2D eigenvalue weighted by Gasteiger charge is 2.80. The maximum Gasteiger partial charge on any atom is 0.416 e. The molecule has 1 aliphatic heterocycles. The van der Waals surface area contributed by atoms with Gasteiger partial charge < -0.3 is 14.2 Å². The van der Waals surface area contributed by atoms with Gasteiger partial charge in [-0.25, -0.2) is 0 Å². The van der Waals surface area contributed by atoms with E-state index in [-0.39, 0.29) is 0 Å². The summed E-state index contributed by atoms with van der Waals surface area (Å²) in [5.41, 5.74) is -0.966. The molecule has 0 bridgehead atoms. The van der Waals surface area contributed by atoms with Gasteiger partial charge in [-0.2, -0.15) is 0 Å². The van der Waals surface area contributed by atoms with E-state index in [9.17, 15) is 0 Å². The van der Waals surface area contributed by atoms with Gasteiger partial charge in [-0.05, 0) is 55.0 Å². The average molecular weight is 384 g/mol. The van der Waals surface area contributed by atoms with Crippen LogP contribution in [0.1, 0.15) is 6.42 Å². The van der Waals surface area contributed by atoms with Crippen LogP contribution in [-0.4, -0.2) is 11.6 Å². The molecule has 0 radical (unpaired) electrons. The van der Waals surface area contributed by atoms with Crippen molar-refractivity contribution in [3.63, 3.8) is 0 Å². The number of rotatable bonds is 6. The molecule has 3 aromatic carbocycles. The van der Waals surface area contributed by atoms with Gasteiger partial charge in [0.1, 0.15) is 23.0 Å². The highest BCUT2D eigenvalue weighted by atomic mass is 17.0. The highest BCUT2D eigenvalue weighted by Crippen LogP contribution is 2.56. The molecule has 1 spiro atoms. The maximum atomic E-state index is 6.26. The number of hydrogen-bond acceptors (Lipinski definition) is 4. The fourth-order valence-electron chi connectivity index (χ4n) is 3.40. The van der Waals surface area contributed by atoms with Gasteiger partial charge in [0.15, 0.2) is 0 Å². The van der Waals surface area contributed by atoms with Crippen molar-refractivity contribution < 1.29 is 18.9 Å². The van der Waals surface area contributed by atoms with Crippen molar-refractivity contribution in [2.75, 3.05) is 0 Å². The van der Waals surface area contributed by atoms with E-state index in [4.69, 9.17) is 18.9 Å². The first-order valence-electron chi connectivity index (χ1n) is 9.59. The number of epoxide rings is 1. The molecular weight excluding hydrogens is 364 g/mol. The van der Waals surface area contributed by atoms with Crippen LogP contribution < -0.4 is 14.2 Å². The van der Waals surface area contributed by atoms with Crippen LogP contribution in [0.2, 0.25) is 0 Å². The van der Waals surface area contributed by atoms with Crippen molar-refractivity contribution in [2.24, 2.45) is 0 Å². The third-order valence-electron chi connectivity index (χ3n) is 4.83. The molecule has 144 valence electrons. The summed E-state index contributed by atoms with van der Waals surface area (Å²) in [5.74, 6) is 1.33. The molecule has 1 unspecified atom stereocenters.